The summed E-state index contributed by atoms with van der Waals surface area (Å²) < 4.78 is 19.0. The molecule has 0 radical (unpaired) electrons. The number of anilines is 1. The second kappa shape index (κ2) is 10.4. The molecular formula is C26H21FN2O4S. The van der Waals surface area contributed by atoms with Gasteiger partial charge in [0.1, 0.15) is 24.7 Å². The third kappa shape index (κ3) is 5.71. The van der Waals surface area contributed by atoms with Crippen LogP contribution in [0.2, 0.25) is 0 Å². The predicted octanol–water partition coefficient (Wildman–Crippen LogP) is 5.39. The standard InChI is InChI=1S/C26H21FN2O4S/c1-17-5-4-6-18(13-17)16-33-22-8-3-2-7-19(22)14-23-25(31)29(26(32)34-23)15-24(30)28-21-11-9-20(27)10-12-21/h2-14H,15-16H2,1H3,(H,28,30)/b23-14-. The van der Waals surface area contributed by atoms with E-state index in [4.69, 9.17) is 4.74 Å². The van der Waals surface area contributed by atoms with Crippen molar-refractivity contribution in [3.05, 3.63) is 100 Å². The Morgan fingerprint density at radius 2 is 1.82 bits per heavy atom. The van der Waals surface area contributed by atoms with Gasteiger partial charge in [0.15, 0.2) is 0 Å². The van der Waals surface area contributed by atoms with Crippen LogP contribution in [-0.4, -0.2) is 28.5 Å². The molecule has 0 spiro atoms. The molecule has 1 heterocycles. The monoisotopic (exact) mass is 476 g/mol. The van der Waals surface area contributed by atoms with Crippen LogP contribution in [0.15, 0.2) is 77.7 Å². The van der Waals surface area contributed by atoms with Crippen LogP contribution in [0.1, 0.15) is 16.7 Å². The van der Waals surface area contributed by atoms with Gasteiger partial charge >= 0.3 is 0 Å². The van der Waals surface area contributed by atoms with Gasteiger partial charge in [-0.3, -0.25) is 19.3 Å². The summed E-state index contributed by atoms with van der Waals surface area (Å²) in [5.74, 6) is -0.975. The van der Waals surface area contributed by atoms with E-state index in [-0.39, 0.29) is 4.91 Å². The van der Waals surface area contributed by atoms with Gasteiger partial charge in [0.25, 0.3) is 11.1 Å². The van der Waals surface area contributed by atoms with E-state index in [1.165, 1.54) is 24.3 Å². The average molecular weight is 477 g/mol. The lowest BCUT2D eigenvalue weighted by atomic mass is 10.1. The number of carbonyl (C=O) groups is 3. The number of benzene rings is 3. The lowest BCUT2D eigenvalue weighted by molar-refractivity contribution is -0.127. The number of rotatable bonds is 7. The largest absolute Gasteiger partial charge is 0.488 e. The Hall–Kier alpha value is -3.91. The van der Waals surface area contributed by atoms with E-state index in [0.29, 0.717) is 23.6 Å². The predicted molar refractivity (Wildman–Crippen MR) is 130 cm³/mol. The molecule has 1 N–H and O–H groups in total. The summed E-state index contributed by atoms with van der Waals surface area (Å²) in [4.78, 5) is 38.6. The number of hydrogen-bond donors (Lipinski definition) is 1. The van der Waals surface area contributed by atoms with Crippen LogP contribution in [0.3, 0.4) is 0 Å². The zero-order chi connectivity index (χ0) is 24.1. The number of amides is 3. The Labute approximate surface area is 200 Å². The molecule has 6 nitrogen and oxygen atoms in total. The molecule has 3 aromatic rings. The number of imide groups is 1. The van der Waals surface area contributed by atoms with Crippen molar-refractivity contribution < 1.29 is 23.5 Å². The molecule has 0 bridgehead atoms. The first-order valence-corrected chi connectivity index (χ1v) is 11.3. The number of carbonyl (C=O) groups excluding carboxylic acids is 3. The summed E-state index contributed by atoms with van der Waals surface area (Å²) in [5, 5.41) is 2.01. The molecule has 0 aromatic heterocycles. The average Bonchev–Trinajstić information content (AvgIpc) is 3.07. The number of nitrogens with zero attached hydrogens (tertiary/aromatic N) is 1. The van der Waals surface area contributed by atoms with Gasteiger partial charge in [0, 0.05) is 11.3 Å². The zero-order valence-corrected chi connectivity index (χ0v) is 19.1. The van der Waals surface area contributed by atoms with Gasteiger partial charge in [0.2, 0.25) is 5.91 Å². The summed E-state index contributed by atoms with van der Waals surface area (Å²) in [6.45, 7) is 1.93. The van der Waals surface area contributed by atoms with Crippen molar-refractivity contribution in [1.29, 1.82) is 0 Å². The van der Waals surface area contributed by atoms with Crippen molar-refractivity contribution in [2.75, 3.05) is 11.9 Å². The van der Waals surface area contributed by atoms with E-state index in [9.17, 15) is 18.8 Å². The molecule has 0 aliphatic carbocycles. The molecule has 0 unspecified atom stereocenters. The van der Waals surface area contributed by atoms with E-state index in [1.54, 1.807) is 18.2 Å². The molecule has 0 atom stereocenters. The highest BCUT2D eigenvalue weighted by Crippen LogP contribution is 2.34. The molecule has 8 heteroatoms. The van der Waals surface area contributed by atoms with Crippen molar-refractivity contribution in [3.63, 3.8) is 0 Å². The van der Waals surface area contributed by atoms with Crippen molar-refractivity contribution in [3.8, 4) is 5.75 Å². The molecule has 3 amide bonds. The highest BCUT2D eigenvalue weighted by molar-refractivity contribution is 8.18. The molecule has 34 heavy (non-hydrogen) atoms. The Bertz CT molecular complexity index is 1270. The Balaban J connectivity index is 1.44. The summed E-state index contributed by atoms with van der Waals surface area (Å²) >= 11 is 0.765. The minimum absolute atomic E-state index is 0.200. The van der Waals surface area contributed by atoms with Crippen LogP contribution in [0, 0.1) is 12.7 Å². The van der Waals surface area contributed by atoms with Crippen LogP contribution >= 0.6 is 11.8 Å². The molecule has 1 aliphatic heterocycles. The first-order chi connectivity index (χ1) is 16.4. The van der Waals surface area contributed by atoms with Crippen LogP contribution in [-0.2, 0) is 16.2 Å². The maximum Gasteiger partial charge on any atom is 0.294 e. The van der Waals surface area contributed by atoms with Crippen molar-refractivity contribution in [2.45, 2.75) is 13.5 Å². The number of ether oxygens (including phenoxy) is 1. The van der Waals surface area contributed by atoms with Crippen LogP contribution in [0.25, 0.3) is 6.08 Å². The molecule has 4 rings (SSSR count). The highest BCUT2D eigenvalue weighted by Gasteiger charge is 2.36. The van der Waals surface area contributed by atoms with Gasteiger partial charge < -0.3 is 10.1 Å². The van der Waals surface area contributed by atoms with Gasteiger partial charge in [-0.25, -0.2) is 4.39 Å². The van der Waals surface area contributed by atoms with Crippen LogP contribution < -0.4 is 10.1 Å². The van der Waals surface area contributed by atoms with Crippen molar-refractivity contribution in [2.24, 2.45) is 0 Å². The number of halogens is 1. The topological polar surface area (TPSA) is 75.7 Å². The lowest BCUT2D eigenvalue weighted by Gasteiger charge is -2.12. The number of nitrogens with one attached hydrogen (secondary N) is 1. The molecule has 3 aromatic carbocycles. The first kappa shape index (κ1) is 23.3. The van der Waals surface area contributed by atoms with Gasteiger partial charge in [-0.1, -0.05) is 48.0 Å². The van der Waals surface area contributed by atoms with E-state index < -0.39 is 29.4 Å². The number of aryl methyl sites for hydroxylation is 1. The van der Waals surface area contributed by atoms with Gasteiger partial charge in [-0.2, -0.15) is 0 Å². The SMILES string of the molecule is Cc1cccc(COc2ccccc2/C=C2\SC(=O)N(CC(=O)Nc3ccc(F)cc3)C2=O)c1. The van der Waals surface area contributed by atoms with Gasteiger partial charge in [-0.05, 0) is 60.7 Å². The third-order valence-electron chi connectivity index (χ3n) is 4.99. The summed E-state index contributed by atoms with van der Waals surface area (Å²) in [6.07, 6.45) is 1.59. The third-order valence-corrected chi connectivity index (χ3v) is 5.89. The van der Waals surface area contributed by atoms with Crippen LogP contribution in [0.5, 0.6) is 5.75 Å². The summed E-state index contributed by atoms with van der Waals surface area (Å²) in [6, 6.07) is 20.4. The Kier molecular flexibility index (Phi) is 7.08. The van der Waals surface area contributed by atoms with E-state index in [2.05, 4.69) is 5.32 Å². The maximum atomic E-state index is 13.0. The lowest BCUT2D eigenvalue weighted by Crippen LogP contribution is -2.36. The van der Waals surface area contributed by atoms with E-state index in [0.717, 1.165) is 27.8 Å². The highest BCUT2D eigenvalue weighted by atomic mass is 32.2. The smallest absolute Gasteiger partial charge is 0.294 e. The van der Waals surface area contributed by atoms with Crippen LogP contribution in [0.4, 0.5) is 14.9 Å². The number of hydrogen-bond acceptors (Lipinski definition) is 5. The van der Waals surface area contributed by atoms with Crippen molar-refractivity contribution >= 4 is 40.6 Å². The molecule has 1 saturated heterocycles. The minimum atomic E-state index is -0.558. The molecular weight excluding hydrogens is 455 g/mol. The molecule has 172 valence electrons. The fraction of sp³-hybridized carbons (Fsp3) is 0.115. The molecule has 1 aliphatic rings. The quantitative estimate of drug-likeness (QED) is 0.463. The second-order valence-corrected chi connectivity index (χ2v) is 8.63. The normalized spacial score (nSPS) is 14.5. The van der Waals surface area contributed by atoms with Gasteiger partial charge in [-0.15, -0.1) is 0 Å². The Morgan fingerprint density at radius 3 is 2.59 bits per heavy atom. The summed E-state index contributed by atoms with van der Waals surface area (Å²) in [7, 11) is 0. The summed E-state index contributed by atoms with van der Waals surface area (Å²) in [5.41, 5.74) is 3.17. The fourth-order valence-electron chi connectivity index (χ4n) is 3.35. The van der Waals surface area contributed by atoms with E-state index >= 15 is 0 Å². The van der Waals surface area contributed by atoms with E-state index in [1.807, 2.05) is 43.3 Å². The second-order valence-electron chi connectivity index (χ2n) is 7.64. The molecule has 1 fully saturated rings. The van der Waals surface area contributed by atoms with Crippen molar-refractivity contribution in [1.82, 2.24) is 4.90 Å². The number of thioether (sulfide) groups is 1. The molecule has 0 saturated carbocycles. The zero-order valence-electron chi connectivity index (χ0n) is 18.3. The first-order valence-electron chi connectivity index (χ1n) is 10.5. The maximum absolute atomic E-state index is 13.0. The Morgan fingerprint density at radius 1 is 1.06 bits per heavy atom. The van der Waals surface area contributed by atoms with Gasteiger partial charge in [0.05, 0.1) is 4.91 Å². The number of para-hydroxylation sites is 1. The fourth-order valence-corrected chi connectivity index (χ4v) is 4.18. The minimum Gasteiger partial charge on any atom is -0.488 e.